The van der Waals surface area contributed by atoms with Crippen molar-refractivity contribution < 1.29 is 18.0 Å². The van der Waals surface area contributed by atoms with Gasteiger partial charge in [-0.05, 0) is 59.7 Å². The predicted octanol–water partition coefficient (Wildman–Crippen LogP) is 3.42. The van der Waals surface area contributed by atoms with Crippen LogP contribution < -0.4 is 4.84 Å². The number of rotatable bonds is 5. The number of carbonyl (C=O) groups excluding carboxylic acids is 1. The number of fused-ring (bicyclic) bond motifs is 2. The van der Waals surface area contributed by atoms with Gasteiger partial charge in [0.05, 0.1) is 10.5 Å². The summed E-state index contributed by atoms with van der Waals surface area (Å²) in [5.74, 6) is -0.546. The van der Waals surface area contributed by atoms with Crippen molar-refractivity contribution in [3.8, 4) is 0 Å². The molecule has 0 saturated carbocycles. The fourth-order valence-corrected chi connectivity index (χ4v) is 4.45. The summed E-state index contributed by atoms with van der Waals surface area (Å²) in [5.41, 5.74) is 4.50. The Hall–Kier alpha value is -3.98. The van der Waals surface area contributed by atoms with E-state index >= 15 is 0 Å². The second-order valence-electron chi connectivity index (χ2n) is 7.92. The lowest BCUT2D eigenvalue weighted by Gasteiger charge is -2.08. The molecule has 166 valence electrons. The van der Waals surface area contributed by atoms with Crippen LogP contribution in [0.4, 0.5) is 0 Å². The summed E-state index contributed by atoms with van der Waals surface area (Å²) in [4.78, 5) is 19.7. The molecule has 2 aromatic heterocycles. The van der Waals surface area contributed by atoms with Gasteiger partial charge in [0, 0.05) is 29.9 Å². The van der Waals surface area contributed by atoms with Crippen LogP contribution >= 0.6 is 0 Å². The van der Waals surface area contributed by atoms with Crippen LogP contribution in [0.15, 0.2) is 77.8 Å². The number of benzene rings is 3. The van der Waals surface area contributed by atoms with E-state index in [1.807, 2.05) is 35.9 Å². The molecule has 33 heavy (non-hydrogen) atoms. The SMILES string of the molecule is Cc1cn(Cc2ccc(S(C)(=O)=O)cc2)c2cc(C(=O)On3nnc4ccccc43)ccc12. The first-order valence-electron chi connectivity index (χ1n) is 10.2. The minimum atomic E-state index is -3.24. The van der Waals surface area contributed by atoms with Gasteiger partial charge in [-0.25, -0.2) is 13.2 Å². The van der Waals surface area contributed by atoms with Gasteiger partial charge >= 0.3 is 5.97 Å². The molecule has 0 aliphatic rings. The molecule has 0 N–H and O–H groups in total. The molecule has 5 aromatic rings. The molecule has 9 heteroatoms. The van der Waals surface area contributed by atoms with Crippen molar-refractivity contribution in [2.24, 2.45) is 0 Å². The molecule has 8 nitrogen and oxygen atoms in total. The molecule has 0 saturated heterocycles. The summed E-state index contributed by atoms with van der Waals surface area (Å²) in [6.07, 6.45) is 3.20. The van der Waals surface area contributed by atoms with Crippen molar-refractivity contribution in [2.45, 2.75) is 18.4 Å². The van der Waals surface area contributed by atoms with Crippen molar-refractivity contribution in [2.75, 3.05) is 6.26 Å². The highest BCUT2D eigenvalue weighted by molar-refractivity contribution is 7.90. The molecule has 0 unspecified atom stereocenters. The number of hydrogen-bond donors (Lipinski definition) is 0. The minimum Gasteiger partial charge on any atom is -0.343 e. The Morgan fingerprint density at radius 1 is 1.00 bits per heavy atom. The van der Waals surface area contributed by atoms with Gasteiger partial charge in [-0.15, -0.1) is 5.10 Å². The second-order valence-corrected chi connectivity index (χ2v) is 9.93. The fourth-order valence-electron chi connectivity index (χ4n) is 3.82. The van der Waals surface area contributed by atoms with E-state index in [4.69, 9.17) is 4.84 Å². The number of aromatic nitrogens is 4. The van der Waals surface area contributed by atoms with Crippen LogP contribution in [0.3, 0.4) is 0 Å². The van der Waals surface area contributed by atoms with E-state index < -0.39 is 15.8 Å². The number of aryl methyl sites for hydroxylation is 1. The number of sulfone groups is 1. The van der Waals surface area contributed by atoms with Crippen LogP contribution in [0.2, 0.25) is 0 Å². The summed E-state index contributed by atoms with van der Waals surface area (Å²) in [7, 11) is -3.24. The van der Waals surface area contributed by atoms with Crippen LogP contribution in [0.1, 0.15) is 21.5 Å². The fraction of sp³-hybridized carbons (Fsp3) is 0.125. The van der Waals surface area contributed by atoms with Gasteiger partial charge < -0.3 is 9.40 Å². The van der Waals surface area contributed by atoms with E-state index in [1.165, 1.54) is 6.26 Å². The van der Waals surface area contributed by atoms with E-state index in [0.29, 0.717) is 23.1 Å². The molecule has 3 aromatic carbocycles. The Morgan fingerprint density at radius 3 is 2.52 bits per heavy atom. The minimum absolute atomic E-state index is 0.283. The third-order valence-electron chi connectivity index (χ3n) is 5.51. The van der Waals surface area contributed by atoms with Gasteiger partial charge in [0.1, 0.15) is 11.0 Å². The summed E-state index contributed by atoms with van der Waals surface area (Å²) in [6, 6.07) is 19.4. The third-order valence-corrected chi connectivity index (χ3v) is 6.64. The van der Waals surface area contributed by atoms with E-state index in [0.717, 1.165) is 26.9 Å². The normalized spacial score (nSPS) is 11.8. The van der Waals surface area contributed by atoms with Crippen molar-refractivity contribution >= 4 is 37.7 Å². The van der Waals surface area contributed by atoms with Gasteiger partial charge in [0.15, 0.2) is 9.84 Å². The maximum absolute atomic E-state index is 12.8. The van der Waals surface area contributed by atoms with Crippen molar-refractivity contribution in [1.29, 1.82) is 0 Å². The van der Waals surface area contributed by atoms with E-state index in [-0.39, 0.29) is 4.90 Å². The van der Waals surface area contributed by atoms with Crippen LogP contribution in [0.5, 0.6) is 0 Å². The second kappa shape index (κ2) is 7.86. The van der Waals surface area contributed by atoms with Gasteiger partial charge in [0.2, 0.25) is 0 Å². The maximum Gasteiger partial charge on any atom is 0.365 e. The quantitative estimate of drug-likeness (QED) is 0.373. The molecule has 0 bridgehead atoms. The molecular weight excluding hydrogens is 440 g/mol. The molecule has 0 fully saturated rings. The largest absolute Gasteiger partial charge is 0.365 e. The highest BCUT2D eigenvalue weighted by atomic mass is 32.2. The van der Waals surface area contributed by atoms with Crippen LogP contribution in [0, 0.1) is 6.92 Å². The summed E-state index contributed by atoms with van der Waals surface area (Å²) in [5, 5.41) is 8.91. The molecule has 0 aliphatic heterocycles. The summed E-state index contributed by atoms with van der Waals surface area (Å²) in [6.45, 7) is 2.53. The number of nitrogens with zero attached hydrogens (tertiary/aromatic N) is 4. The van der Waals surface area contributed by atoms with Gasteiger partial charge in [-0.1, -0.05) is 35.2 Å². The smallest absolute Gasteiger partial charge is 0.343 e. The zero-order valence-electron chi connectivity index (χ0n) is 18.0. The average Bonchev–Trinajstić information content (AvgIpc) is 3.34. The van der Waals surface area contributed by atoms with Gasteiger partial charge in [-0.3, -0.25) is 0 Å². The first kappa shape index (κ1) is 20.9. The lowest BCUT2D eigenvalue weighted by Crippen LogP contribution is -2.21. The highest BCUT2D eigenvalue weighted by Gasteiger charge is 2.15. The Labute approximate surface area is 189 Å². The molecule has 0 amide bonds. The predicted molar refractivity (Wildman–Crippen MR) is 124 cm³/mol. The zero-order valence-corrected chi connectivity index (χ0v) is 18.8. The first-order chi connectivity index (χ1) is 15.8. The maximum atomic E-state index is 12.8. The first-order valence-corrected chi connectivity index (χ1v) is 12.1. The zero-order chi connectivity index (χ0) is 23.2. The van der Waals surface area contributed by atoms with Crippen LogP contribution in [0.25, 0.3) is 21.9 Å². The lowest BCUT2D eigenvalue weighted by atomic mass is 10.1. The van der Waals surface area contributed by atoms with Crippen molar-refractivity contribution in [3.63, 3.8) is 0 Å². The van der Waals surface area contributed by atoms with E-state index in [9.17, 15) is 13.2 Å². The topological polar surface area (TPSA) is 96.1 Å². The van der Waals surface area contributed by atoms with Crippen LogP contribution in [-0.2, 0) is 16.4 Å². The van der Waals surface area contributed by atoms with E-state index in [1.54, 1.807) is 48.5 Å². The summed E-state index contributed by atoms with van der Waals surface area (Å²) < 4.78 is 25.4. The third kappa shape index (κ3) is 3.98. The Morgan fingerprint density at radius 2 is 1.76 bits per heavy atom. The molecule has 2 heterocycles. The summed E-state index contributed by atoms with van der Waals surface area (Å²) >= 11 is 0. The van der Waals surface area contributed by atoms with Crippen LogP contribution in [-0.4, -0.2) is 40.4 Å². The monoisotopic (exact) mass is 460 g/mol. The number of carbonyl (C=O) groups is 1. The Balaban J connectivity index is 1.45. The molecular formula is C24H20N4O4S. The number of hydrogen-bond acceptors (Lipinski definition) is 6. The van der Waals surface area contributed by atoms with Crippen molar-refractivity contribution in [3.05, 3.63) is 89.6 Å². The molecule has 5 rings (SSSR count). The standard InChI is InChI=1S/C24H20N4O4S/c1-16-14-27(15-17-7-10-19(11-8-17)33(2,30)31)23-13-18(9-12-20(16)23)24(29)32-28-22-6-4-3-5-21(22)25-26-28/h3-14H,15H2,1-2H3. The van der Waals surface area contributed by atoms with E-state index in [2.05, 4.69) is 10.3 Å². The Bertz CT molecular complexity index is 1620. The Kier molecular flexibility index (Phi) is 4.98. The molecule has 0 spiro atoms. The molecule has 0 aliphatic carbocycles. The lowest BCUT2D eigenvalue weighted by molar-refractivity contribution is 0.0409. The van der Waals surface area contributed by atoms with Gasteiger partial charge in [0.25, 0.3) is 0 Å². The molecule has 0 radical (unpaired) electrons. The number of para-hydroxylation sites is 1. The van der Waals surface area contributed by atoms with Gasteiger partial charge in [-0.2, -0.15) is 0 Å². The average molecular weight is 461 g/mol. The highest BCUT2D eigenvalue weighted by Crippen LogP contribution is 2.24. The molecule has 0 atom stereocenters. The van der Waals surface area contributed by atoms with Crippen molar-refractivity contribution in [1.82, 2.24) is 19.7 Å².